The number of carboxylic acid groups (broad SMARTS) is 1. The molecule has 2 rings (SSSR count). The van der Waals surface area contributed by atoms with Crippen LogP contribution in [0.5, 0.6) is 5.75 Å². The predicted octanol–water partition coefficient (Wildman–Crippen LogP) is -8.00. The Labute approximate surface area is 802 Å². The number of amides is 16. The predicted molar refractivity (Wildman–Crippen MR) is 511 cm³/mol. The minimum absolute atomic E-state index is 0.00298. The van der Waals surface area contributed by atoms with Crippen molar-refractivity contribution >= 4 is 124 Å². The highest BCUT2D eigenvalue weighted by atomic mass is 16.4. The first-order chi connectivity index (χ1) is 65.4. The summed E-state index contributed by atoms with van der Waals surface area (Å²) >= 11 is 0. The molecule has 15 atom stereocenters. The number of benzene rings is 2. The summed E-state index contributed by atoms with van der Waals surface area (Å²) in [7, 11) is 0. The van der Waals surface area contributed by atoms with Crippen LogP contribution in [0.2, 0.25) is 0 Å². The number of aliphatic carboxylic acids is 1. The molecular weight excluding hydrogens is 1800 g/mol. The fourth-order valence-electron chi connectivity index (χ4n) is 13.9. The van der Waals surface area contributed by atoms with Crippen molar-refractivity contribution in [2.24, 2.45) is 57.7 Å². The Kier molecular flexibility index (Phi) is 58.0. The number of nitrogens with two attached hydrogens (primary N) is 8. The average molecular weight is 1950 g/mol. The zero-order valence-corrected chi connectivity index (χ0v) is 79.5. The van der Waals surface area contributed by atoms with Crippen molar-refractivity contribution in [3.63, 3.8) is 0 Å². The van der Waals surface area contributed by atoms with E-state index in [1.807, 2.05) is 13.8 Å². The molecule has 0 spiro atoms. The summed E-state index contributed by atoms with van der Waals surface area (Å²) in [5, 5.41) is 110. The Hall–Kier alpha value is -13.8. The second-order valence-electron chi connectivity index (χ2n) is 33.8. The Balaban J connectivity index is 2.59. The first kappa shape index (κ1) is 120. The highest BCUT2D eigenvalue weighted by Gasteiger charge is 2.39. The van der Waals surface area contributed by atoms with E-state index >= 15 is 0 Å². The van der Waals surface area contributed by atoms with Crippen LogP contribution in [0.15, 0.2) is 54.6 Å². The number of hydrogen-bond acceptors (Lipinski definition) is 26. The highest BCUT2D eigenvalue weighted by molar-refractivity contribution is 6.01. The van der Waals surface area contributed by atoms with E-state index in [-0.39, 0.29) is 179 Å². The number of phenolic OH excluding ortho intramolecular Hbond substituents is 1. The van der Waals surface area contributed by atoms with Gasteiger partial charge < -0.3 is 162 Å². The van der Waals surface area contributed by atoms with Gasteiger partial charge in [-0.3, -0.25) is 98.3 Å². The summed E-state index contributed by atoms with van der Waals surface area (Å²) in [6.07, 6.45) is -0.239. The normalized spacial score (nSPS) is 14.2. The molecule has 0 fully saturated rings. The number of primary amides is 1. The van der Waals surface area contributed by atoms with Gasteiger partial charge in [-0.1, -0.05) is 76.6 Å². The van der Waals surface area contributed by atoms with Crippen molar-refractivity contribution < 1.29 is 96.8 Å². The summed E-state index contributed by atoms with van der Waals surface area (Å²) < 4.78 is 0. The third-order valence-electron chi connectivity index (χ3n) is 21.6. The quantitative estimate of drug-likeness (QED) is 0.0166. The molecule has 138 heavy (non-hydrogen) atoms. The summed E-state index contributed by atoms with van der Waals surface area (Å²) in [6.45, 7) is 8.02. The monoisotopic (exact) mass is 1950 g/mol. The molecule has 0 bridgehead atoms. The van der Waals surface area contributed by atoms with Gasteiger partial charge in [0.05, 0.1) is 13.2 Å². The second kappa shape index (κ2) is 66.6. The third kappa shape index (κ3) is 50.1. The Morgan fingerprint density at radius 3 is 1.04 bits per heavy atom. The van der Waals surface area contributed by atoms with Gasteiger partial charge in [0.25, 0.3) is 0 Å². The minimum atomic E-state index is -1.89. The van der Waals surface area contributed by atoms with Crippen LogP contribution < -0.4 is 147 Å². The lowest BCUT2D eigenvalue weighted by atomic mass is 9.96. The van der Waals surface area contributed by atoms with Crippen molar-refractivity contribution in [1.82, 2.24) is 101 Å². The fourth-order valence-corrected chi connectivity index (χ4v) is 13.9. The molecule has 0 radical (unpaired) electrons. The maximum Gasteiger partial charge on any atom is 0.326 e. The van der Waals surface area contributed by atoms with Gasteiger partial charge in [0.1, 0.15) is 90.3 Å². The average Bonchev–Trinajstić information content (AvgIpc) is 0.845. The Morgan fingerprint density at radius 1 is 0.348 bits per heavy atom. The molecule has 0 saturated carbocycles. The van der Waals surface area contributed by atoms with Crippen LogP contribution in [0.1, 0.15) is 188 Å². The standard InChI is InChI=1S/C87H149N31O20/c1-7-49(4)69(118-80(134)63(43-48(2)3)106-51(6)120)82(136)116-65(45-53-30-32-54(121)33-31-53)78(132)105-50(5)70(124)108-61(34-35-67(91)122)71(125)104-46-68(123)107-64(44-52-21-9-8-10-22-52)79(133)117-66(47-119)81(135)114-56(24-12-15-37-89)73(127)112-58(26-17-39-100-84(92)93)74(128)109-55(23-11-14-36-88)72(126)111-60(28-19-41-102-86(96)97)76(130)113-59(27-18-40-101-85(94)95)75(129)110-57(25-13-16-38-90)77(131)115-62(83(137)138)29-20-42-103-87(98)99/h8-10,21-22,30-33,48-50,55-66,69,119,121H,7,11-20,23-29,34-47,88-90H2,1-6H3,(H2,91,122)(H,104,125)(H,105,132)(H,106,120)(H,107,123)(H,108,124)(H,109,128)(H,110,129)(H,111,126)(H,112,127)(H,113,130)(H,114,135)(H,115,131)(H,116,136)(H,117,133)(H,118,134)(H,137,138)(H4,92,93,100)(H4,94,95,101)(H4,96,97,102)(H4,98,99,103)/t49-,50-,55-,56-,57-,58-,59-,60-,61-,62-,63-,64-,65-,66-,69-/m0/s1. The highest BCUT2D eigenvalue weighted by Crippen LogP contribution is 2.18. The van der Waals surface area contributed by atoms with Gasteiger partial charge in [0, 0.05) is 52.4 Å². The molecule has 0 aromatic heterocycles. The lowest BCUT2D eigenvalue weighted by molar-refractivity contribution is -0.142. The molecule has 0 aliphatic heterocycles. The number of guanidine groups is 4. The lowest BCUT2D eigenvalue weighted by Crippen LogP contribution is -2.61. The van der Waals surface area contributed by atoms with Crippen molar-refractivity contribution in [2.45, 2.75) is 274 Å². The van der Waals surface area contributed by atoms with E-state index in [4.69, 9.17) is 67.5 Å². The van der Waals surface area contributed by atoms with Crippen LogP contribution in [-0.2, 0) is 94.3 Å². The second-order valence-corrected chi connectivity index (χ2v) is 33.8. The molecule has 0 heterocycles. The van der Waals surface area contributed by atoms with E-state index in [1.165, 1.54) is 38.1 Å². The van der Waals surface area contributed by atoms with Crippen molar-refractivity contribution in [3.05, 3.63) is 65.7 Å². The van der Waals surface area contributed by atoms with Gasteiger partial charge in [-0.2, -0.15) is 0 Å². The van der Waals surface area contributed by atoms with Crippen molar-refractivity contribution in [1.29, 1.82) is 21.6 Å². The Bertz CT molecular complexity index is 4310. The largest absolute Gasteiger partial charge is 0.508 e. The molecule has 2 aromatic rings. The Morgan fingerprint density at radius 2 is 0.674 bits per heavy atom. The number of carbonyl (C=O) groups excluding carboxylic acids is 16. The van der Waals surface area contributed by atoms with E-state index in [1.54, 1.807) is 44.2 Å². The summed E-state index contributed by atoms with van der Waals surface area (Å²) in [5.74, 6) is -18.7. The van der Waals surface area contributed by atoms with Crippen LogP contribution in [0.25, 0.3) is 0 Å². The molecule has 42 N–H and O–H groups in total. The van der Waals surface area contributed by atoms with E-state index in [9.17, 15) is 96.8 Å². The zero-order chi connectivity index (χ0) is 104. The van der Waals surface area contributed by atoms with Gasteiger partial charge in [0.15, 0.2) is 23.8 Å². The topological polar surface area (TPSA) is 883 Å². The third-order valence-corrected chi connectivity index (χ3v) is 21.6. The van der Waals surface area contributed by atoms with Crippen molar-refractivity contribution in [3.8, 4) is 5.75 Å². The molecule has 51 heteroatoms. The maximum atomic E-state index is 14.9. The molecule has 0 saturated heterocycles. The first-order valence-corrected chi connectivity index (χ1v) is 46.2. The molecule has 2 aromatic carbocycles. The number of aromatic hydroxyl groups is 1. The molecular formula is C87H149N31O20. The van der Waals surface area contributed by atoms with Gasteiger partial charge in [-0.15, -0.1) is 0 Å². The maximum absolute atomic E-state index is 14.9. The number of carbonyl (C=O) groups is 17. The van der Waals surface area contributed by atoms with E-state index in [2.05, 4.69) is 101 Å². The number of carboxylic acids is 1. The summed E-state index contributed by atoms with van der Waals surface area (Å²) in [4.78, 5) is 238. The van der Waals surface area contributed by atoms with Crippen LogP contribution in [0.3, 0.4) is 0 Å². The van der Waals surface area contributed by atoms with E-state index in [0.717, 1.165) is 0 Å². The fraction of sp³-hybridized carbons (Fsp3) is 0.621. The van der Waals surface area contributed by atoms with Gasteiger partial charge in [0.2, 0.25) is 94.5 Å². The zero-order valence-electron chi connectivity index (χ0n) is 79.5. The van der Waals surface area contributed by atoms with E-state index in [0.29, 0.717) is 30.4 Å². The molecule has 0 unspecified atom stereocenters. The molecule has 772 valence electrons. The summed E-state index contributed by atoms with van der Waals surface area (Å²) in [5.41, 5.74) is 45.9. The summed E-state index contributed by atoms with van der Waals surface area (Å²) in [6, 6.07) is -7.27. The number of phenols is 1. The van der Waals surface area contributed by atoms with Gasteiger partial charge in [-0.25, -0.2) is 4.79 Å². The smallest absolute Gasteiger partial charge is 0.326 e. The number of hydrogen-bond donors (Lipinski definition) is 34. The number of rotatable bonds is 70. The minimum Gasteiger partial charge on any atom is -0.508 e. The molecule has 0 aliphatic carbocycles. The molecule has 51 nitrogen and oxygen atoms in total. The SMILES string of the molecule is CC[C@H](C)[C@H](NC(=O)[C@H](CC(C)C)NC(C)=O)C(=O)N[C@@H](Cc1ccc(O)cc1)C(=O)N[C@@H](C)C(=O)N[C@@H](CCC(N)=O)C(=O)NCC(=O)N[C@@H](Cc1ccccc1)C(=O)N[C@@H](CO)C(=O)N[C@@H](CCCCN)C(=O)N[C@@H](CCCNC(=N)N)C(=O)N[C@@H](CCCCN)C(=O)N[C@@H](CCCNC(=N)N)C(=O)N[C@@H](CCCNC(=N)N)C(=O)N[C@@H](CCCCN)C(=O)N[C@@H](CCCNC(=N)N)C(=O)O. The van der Waals surface area contributed by atoms with Crippen LogP contribution in [0.4, 0.5) is 0 Å². The van der Waals surface area contributed by atoms with E-state index < -0.39 is 235 Å². The first-order valence-electron chi connectivity index (χ1n) is 46.2. The number of nitrogens with one attached hydrogen (secondary N) is 23. The molecule has 16 amide bonds. The number of aliphatic hydroxyl groups excluding tert-OH is 1. The van der Waals surface area contributed by atoms with Crippen LogP contribution in [-0.4, -0.2) is 283 Å². The number of unbranched alkanes of at least 4 members (excludes halogenated alkanes) is 3. The number of aliphatic hydroxyl groups is 1. The molecule has 0 aliphatic rings. The van der Waals surface area contributed by atoms with Crippen molar-refractivity contribution in [2.75, 3.05) is 59.0 Å². The van der Waals surface area contributed by atoms with Crippen LogP contribution in [0, 0.1) is 33.5 Å². The van der Waals surface area contributed by atoms with Gasteiger partial charge in [-0.05, 0) is 184 Å². The lowest BCUT2D eigenvalue weighted by Gasteiger charge is -2.29. The van der Waals surface area contributed by atoms with Crippen LogP contribution >= 0.6 is 0 Å². The van der Waals surface area contributed by atoms with Gasteiger partial charge >= 0.3 is 5.97 Å².